The van der Waals surface area contributed by atoms with Gasteiger partial charge in [-0.2, -0.15) is 0 Å². The molecule has 0 radical (unpaired) electrons. The van der Waals surface area contributed by atoms with Gasteiger partial charge in [0, 0.05) is 50.1 Å². The van der Waals surface area contributed by atoms with Crippen LogP contribution < -0.4 is 15.1 Å². The molecule has 1 amide bonds. The van der Waals surface area contributed by atoms with Crippen molar-refractivity contribution in [1.29, 1.82) is 0 Å². The summed E-state index contributed by atoms with van der Waals surface area (Å²) in [6.07, 6.45) is 3.94. The van der Waals surface area contributed by atoms with Gasteiger partial charge in [-0.1, -0.05) is 39.0 Å². The number of pyridine rings is 1. The van der Waals surface area contributed by atoms with Gasteiger partial charge in [-0.15, -0.1) is 0 Å². The minimum absolute atomic E-state index is 0.0750. The van der Waals surface area contributed by atoms with Gasteiger partial charge in [0.25, 0.3) is 0 Å². The number of carbonyl (C=O) groups is 2. The first-order valence-electron chi connectivity index (χ1n) is 12.7. The minimum Gasteiger partial charge on any atom is -0.357 e. The van der Waals surface area contributed by atoms with Gasteiger partial charge >= 0.3 is 0 Å². The number of carbonyl (C=O) groups excluding carboxylic acids is 2. The summed E-state index contributed by atoms with van der Waals surface area (Å²) in [5.74, 6) is 1.26. The first-order chi connectivity index (χ1) is 16.9. The molecule has 2 aliphatic heterocycles. The molecule has 1 aromatic heterocycles. The van der Waals surface area contributed by atoms with E-state index in [4.69, 9.17) is 0 Å². The van der Waals surface area contributed by atoms with Crippen LogP contribution in [0.15, 0.2) is 59.9 Å². The quantitative estimate of drug-likeness (QED) is 0.722. The van der Waals surface area contributed by atoms with Gasteiger partial charge < -0.3 is 20.0 Å². The monoisotopic (exact) mass is 473 g/mol. The van der Waals surface area contributed by atoms with Crippen LogP contribution in [0.2, 0.25) is 0 Å². The standard InChI is InChI=1S/C28H35N5O2/c1-4-22-27-21(17-28(2,3)18-24(27)34)30-20-9-5-6-10-23(20)33(22)19-26(35)32-15-13-31(14-16-32)25-11-7-8-12-29-25/h5-12,22,30H,4,13-19H2,1-3H3/t22-/m0/s1. The number of fused-ring (bicyclic) bond motifs is 1. The Balaban J connectivity index is 1.39. The predicted molar refractivity (Wildman–Crippen MR) is 140 cm³/mol. The molecule has 35 heavy (non-hydrogen) atoms. The van der Waals surface area contributed by atoms with E-state index in [-0.39, 0.29) is 29.7 Å². The second-order valence-corrected chi connectivity index (χ2v) is 10.6. The number of nitrogens with zero attached hydrogens (tertiary/aromatic N) is 4. The number of rotatable bonds is 4. The number of allylic oxidation sites excluding steroid dienone is 1. The van der Waals surface area contributed by atoms with Crippen LogP contribution in [0.1, 0.15) is 40.0 Å². The Hall–Kier alpha value is -3.35. The summed E-state index contributed by atoms with van der Waals surface area (Å²) in [6, 6.07) is 13.9. The molecule has 0 saturated carbocycles. The Morgan fingerprint density at radius 3 is 2.51 bits per heavy atom. The van der Waals surface area contributed by atoms with Gasteiger partial charge in [0.05, 0.1) is 24.0 Å². The minimum atomic E-state index is -0.122. The van der Waals surface area contributed by atoms with Crippen molar-refractivity contribution in [3.63, 3.8) is 0 Å². The molecule has 7 nitrogen and oxygen atoms in total. The number of hydrogen-bond acceptors (Lipinski definition) is 6. The molecule has 1 aliphatic carbocycles. The maximum absolute atomic E-state index is 13.6. The molecule has 2 aromatic rings. The second-order valence-electron chi connectivity index (χ2n) is 10.6. The molecule has 3 aliphatic rings. The summed E-state index contributed by atoms with van der Waals surface area (Å²) in [5, 5.41) is 3.60. The number of Topliss-reactive ketones (excluding diaryl/α,β-unsaturated/α-hetero) is 1. The molecule has 3 heterocycles. The second kappa shape index (κ2) is 9.36. The zero-order valence-electron chi connectivity index (χ0n) is 21.0. The van der Waals surface area contributed by atoms with Gasteiger partial charge in [-0.25, -0.2) is 4.98 Å². The topological polar surface area (TPSA) is 68.8 Å². The number of amides is 1. The average Bonchev–Trinajstić information content (AvgIpc) is 2.98. The SMILES string of the molecule is CC[C@H]1C2=C(CC(C)(C)CC2=O)Nc2ccccc2N1CC(=O)N1CCN(c2ccccn2)CC1. The van der Waals surface area contributed by atoms with Crippen LogP contribution in [0, 0.1) is 5.41 Å². The lowest BCUT2D eigenvalue weighted by Crippen LogP contribution is -2.53. The maximum Gasteiger partial charge on any atom is 0.242 e. The fourth-order valence-corrected chi connectivity index (χ4v) is 5.74. The predicted octanol–water partition coefficient (Wildman–Crippen LogP) is 4.08. The van der Waals surface area contributed by atoms with E-state index in [9.17, 15) is 9.59 Å². The molecule has 1 fully saturated rings. The number of nitrogens with one attached hydrogen (secondary N) is 1. The van der Waals surface area contributed by atoms with E-state index in [1.165, 1.54) is 0 Å². The van der Waals surface area contributed by atoms with Gasteiger partial charge in [-0.05, 0) is 42.5 Å². The van der Waals surface area contributed by atoms with Crippen molar-refractivity contribution >= 4 is 28.9 Å². The number of ketones is 1. The first kappa shape index (κ1) is 23.4. The fourth-order valence-electron chi connectivity index (χ4n) is 5.74. The Bertz CT molecular complexity index is 1140. The fraction of sp³-hybridized carbons (Fsp3) is 0.464. The Morgan fingerprint density at radius 2 is 1.80 bits per heavy atom. The lowest BCUT2D eigenvalue weighted by molar-refractivity contribution is -0.130. The van der Waals surface area contributed by atoms with Crippen molar-refractivity contribution in [2.75, 3.05) is 47.8 Å². The zero-order chi connectivity index (χ0) is 24.6. The van der Waals surface area contributed by atoms with Gasteiger partial charge in [0.2, 0.25) is 5.91 Å². The third-order valence-corrected chi connectivity index (χ3v) is 7.43. The Kier molecular flexibility index (Phi) is 6.26. The van der Waals surface area contributed by atoms with E-state index in [0.29, 0.717) is 19.5 Å². The van der Waals surface area contributed by atoms with Crippen LogP contribution in [0.25, 0.3) is 0 Å². The number of piperazine rings is 1. The van der Waals surface area contributed by atoms with Crippen molar-refractivity contribution in [3.05, 3.63) is 59.9 Å². The van der Waals surface area contributed by atoms with Crippen LogP contribution in [0.4, 0.5) is 17.2 Å². The lowest BCUT2D eigenvalue weighted by atomic mass is 9.74. The largest absolute Gasteiger partial charge is 0.357 e. The third-order valence-electron chi connectivity index (χ3n) is 7.43. The number of benzene rings is 1. The molecular weight excluding hydrogens is 438 g/mol. The van der Waals surface area contributed by atoms with Crippen molar-refractivity contribution < 1.29 is 9.59 Å². The highest BCUT2D eigenvalue weighted by Crippen LogP contribution is 2.44. The average molecular weight is 474 g/mol. The Morgan fingerprint density at radius 1 is 1.06 bits per heavy atom. The van der Waals surface area contributed by atoms with E-state index in [1.807, 2.05) is 41.3 Å². The summed E-state index contributed by atoms with van der Waals surface area (Å²) in [7, 11) is 0. The highest BCUT2D eigenvalue weighted by atomic mass is 16.2. The van der Waals surface area contributed by atoms with Gasteiger partial charge in [-0.3, -0.25) is 9.59 Å². The van der Waals surface area contributed by atoms with Crippen LogP contribution in [-0.4, -0.2) is 60.3 Å². The lowest BCUT2D eigenvalue weighted by Gasteiger charge is -2.39. The molecule has 0 spiro atoms. The van der Waals surface area contributed by atoms with Crippen molar-refractivity contribution in [2.45, 2.75) is 46.1 Å². The zero-order valence-corrected chi connectivity index (χ0v) is 21.0. The first-order valence-corrected chi connectivity index (χ1v) is 12.7. The van der Waals surface area contributed by atoms with Crippen LogP contribution in [-0.2, 0) is 9.59 Å². The number of aromatic nitrogens is 1. The van der Waals surface area contributed by atoms with E-state index < -0.39 is 0 Å². The molecule has 1 N–H and O–H groups in total. The van der Waals surface area contributed by atoms with Gasteiger partial charge in [0.1, 0.15) is 5.82 Å². The van der Waals surface area contributed by atoms with E-state index in [0.717, 1.165) is 54.4 Å². The smallest absolute Gasteiger partial charge is 0.242 e. The van der Waals surface area contributed by atoms with Crippen LogP contribution >= 0.6 is 0 Å². The molecule has 0 unspecified atom stereocenters. The molecule has 1 atom stereocenters. The molecule has 1 aromatic carbocycles. The number of anilines is 3. The summed E-state index contributed by atoms with van der Waals surface area (Å²) < 4.78 is 0. The summed E-state index contributed by atoms with van der Waals surface area (Å²) in [5.41, 5.74) is 3.75. The summed E-state index contributed by atoms with van der Waals surface area (Å²) in [6.45, 7) is 9.54. The Labute approximate surface area is 207 Å². The van der Waals surface area contributed by atoms with Crippen LogP contribution in [0.3, 0.4) is 0 Å². The van der Waals surface area contributed by atoms with E-state index >= 15 is 0 Å². The summed E-state index contributed by atoms with van der Waals surface area (Å²) >= 11 is 0. The van der Waals surface area contributed by atoms with E-state index in [2.05, 4.69) is 46.9 Å². The number of para-hydroxylation sites is 2. The highest BCUT2D eigenvalue weighted by Gasteiger charge is 2.40. The molecule has 7 heteroatoms. The third kappa shape index (κ3) is 4.64. The van der Waals surface area contributed by atoms with Crippen molar-refractivity contribution in [2.24, 2.45) is 5.41 Å². The molecular formula is C28H35N5O2. The van der Waals surface area contributed by atoms with E-state index in [1.54, 1.807) is 6.20 Å². The summed E-state index contributed by atoms with van der Waals surface area (Å²) in [4.78, 5) is 37.7. The van der Waals surface area contributed by atoms with Gasteiger partial charge in [0.15, 0.2) is 5.78 Å². The van der Waals surface area contributed by atoms with Crippen molar-refractivity contribution in [1.82, 2.24) is 9.88 Å². The molecule has 5 rings (SSSR count). The molecule has 184 valence electrons. The van der Waals surface area contributed by atoms with Crippen LogP contribution in [0.5, 0.6) is 0 Å². The molecule has 0 bridgehead atoms. The molecule has 1 saturated heterocycles. The highest BCUT2D eigenvalue weighted by molar-refractivity contribution is 6.01. The number of hydrogen-bond donors (Lipinski definition) is 1. The maximum atomic E-state index is 13.6. The van der Waals surface area contributed by atoms with Crippen molar-refractivity contribution in [3.8, 4) is 0 Å². The normalized spacial score (nSPS) is 21.7.